The Balaban J connectivity index is 2.42. The van der Waals surface area contributed by atoms with Crippen molar-refractivity contribution in [1.82, 2.24) is 0 Å². The molecule has 30 heavy (non-hydrogen) atoms. The highest BCUT2D eigenvalue weighted by Crippen LogP contribution is 2.37. The molecule has 0 unspecified atom stereocenters. The molecule has 1 aromatic rings. The fourth-order valence-corrected chi connectivity index (χ4v) is 4.04. The predicted molar refractivity (Wildman–Crippen MR) is 104 cm³/mol. The fourth-order valence-electron chi connectivity index (χ4n) is 2.92. The third kappa shape index (κ3) is 7.03. The highest BCUT2D eigenvalue weighted by Gasteiger charge is 2.52. The molecule has 5 atom stereocenters. The van der Waals surface area contributed by atoms with Gasteiger partial charge in [-0.3, -0.25) is 19.2 Å². The molecular weight excluding hydrogens is 416 g/mol. The van der Waals surface area contributed by atoms with Crippen molar-refractivity contribution >= 4 is 35.6 Å². The Bertz CT molecular complexity index is 767. The molecule has 0 bridgehead atoms. The van der Waals surface area contributed by atoms with Crippen LogP contribution in [0, 0.1) is 0 Å². The van der Waals surface area contributed by atoms with Crippen molar-refractivity contribution in [3.8, 4) is 0 Å². The molecule has 2 rings (SSSR count). The molecular formula is C20H24O9S. The van der Waals surface area contributed by atoms with E-state index in [0.717, 1.165) is 4.90 Å². The van der Waals surface area contributed by atoms with Gasteiger partial charge in [0.2, 0.25) is 0 Å². The lowest BCUT2D eigenvalue weighted by Crippen LogP contribution is -2.61. The SMILES string of the molecule is CC(=O)OC[C@H]1O[C@@H](Sc2ccccc2)[C@@H](OC(C)=O)[C@@H](OC(C)=O)[C@@H]1OC(C)=O. The van der Waals surface area contributed by atoms with Gasteiger partial charge in [0, 0.05) is 32.6 Å². The van der Waals surface area contributed by atoms with Gasteiger partial charge in [0.05, 0.1) is 0 Å². The summed E-state index contributed by atoms with van der Waals surface area (Å²) in [4.78, 5) is 47.3. The largest absolute Gasteiger partial charge is 0.463 e. The van der Waals surface area contributed by atoms with E-state index in [1.165, 1.54) is 39.5 Å². The van der Waals surface area contributed by atoms with Gasteiger partial charge in [0.25, 0.3) is 0 Å². The van der Waals surface area contributed by atoms with Crippen molar-refractivity contribution in [2.24, 2.45) is 0 Å². The molecule has 0 spiro atoms. The van der Waals surface area contributed by atoms with Crippen molar-refractivity contribution < 1.29 is 42.9 Å². The summed E-state index contributed by atoms with van der Waals surface area (Å²) in [7, 11) is 0. The molecule has 164 valence electrons. The van der Waals surface area contributed by atoms with Gasteiger partial charge in [-0.25, -0.2) is 0 Å². The molecule has 0 aliphatic carbocycles. The molecule has 1 aliphatic rings. The van der Waals surface area contributed by atoms with Crippen molar-refractivity contribution in [1.29, 1.82) is 0 Å². The number of esters is 4. The Labute approximate surface area is 178 Å². The topological polar surface area (TPSA) is 114 Å². The molecule has 1 aliphatic heterocycles. The van der Waals surface area contributed by atoms with Crippen LogP contribution in [-0.2, 0) is 42.9 Å². The normalized spacial score (nSPS) is 25.7. The molecule has 0 radical (unpaired) electrons. The number of hydrogen-bond acceptors (Lipinski definition) is 10. The number of thioether (sulfide) groups is 1. The van der Waals surface area contributed by atoms with Crippen LogP contribution in [0.25, 0.3) is 0 Å². The second kappa shape index (κ2) is 11.0. The van der Waals surface area contributed by atoms with Gasteiger partial charge >= 0.3 is 23.9 Å². The lowest BCUT2D eigenvalue weighted by molar-refractivity contribution is -0.237. The molecule has 9 nitrogen and oxygen atoms in total. The molecule has 0 amide bonds. The molecule has 1 aromatic carbocycles. The van der Waals surface area contributed by atoms with Crippen molar-refractivity contribution in [2.45, 2.75) is 62.4 Å². The van der Waals surface area contributed by atoms with E-state index in [4.69, 9.17) is 23.7 Å². The molecule has 1 saturated heterocycles. The van der Waals surface area contributed by atoms with E-state index in [-0.39, 0.29) is 6.61 Å². The summed E-state index contributed by atoms with van der Waals surface area (Å²) in [6, 6.07) is 9.16. The van der Waals surface area contributed by atoms with Crippen molar-refractivity contribution in [3.05, 3.63) is 30.3 Å². The summed E-state index contributed by atoms with van der Waals surface area (Å²) >= 11 is 1.23. The lowest BCUT2D eigenvalue weighted by Gasteiger charge is -2.44. The van der Waals surface area contributed by atoms with Gasteiger partial charge in [0.15, 0.2) is 18.3 Å². The van der Waals surface area contributed by atoms with Crippen LogP contribution in [-0.4, -0.2) is 60.3 Å². The number of benzene rings is 1. The van der Waals surface area contributed by atoms with Crippen LogP contribution >= 0.6 is 11.8 Å². The zero-order chi connectivity index (χ0) is 22.3. The molecule has 0 aromatic heterocycles. The van der Waals surface area contributed by atoms with Gasteiger partial charge in [-0.1, -0.05) is 30.0 Å². The first-order valence-corrected chi connectivity index (χ1v) is 10.1. The predicted octanol–water partition coefficient (Wildman–Crippen LogP) is 1.86. The first-order chi connectivity index (χ1) is 14.2. The summed E-state index contributed by atoms with van der Waals surface area (Å²) in [5.74, 6) is -2.51. The van der Waals surface area contributed by atoms with E-state index in [2.05, 4.69) is 0 Å². The Kier molecular flexibility index (Phi) is 8.67. The highest BCUT2D eigenvalue weighted by molar-refractivity contribution is 7.99. The number of ether oxygens (including phenoxy) is 5. The van der Waals surface area contributed by atoms with E-state index >= 15 is 0 Å². The van der Waals surface area contributed by atoms with Crippen molar-refractivity contribution in [2.75, 3.05) is 6.61 Å². The number of hydrogen-bond donors (Lipinski definition) is 0. The zero-order valence-electron chi connectivity index (χ0n) is 17.1. The molecule has 10 heteroatoms. The average molecular weight is 440 g/mol. The Morgan fingerprint density at radius 1 is 0.800 bits per heavy atom. The van der Waals surface area contributed by atoms with E-state index < -0.39 is 53.7 Å². The van der Waals surface area contributed by atoms with E-state index in [9.17, 15) is 19.2 Å². The second-order valence-electron chi connectivity index (χ2n) is 6.50. The van der Waals surface area contributed by atoms with Crippen LogP contribution in [0.15, 0.2) is 35.2 Å². The fraction of sp³-hybridized carbons (Fsp3) is 0.500. The van der Waals surface area contributed by atoms with Crippen LogP contribution in [0.2, 0.25) is 0 Å². The van der Waals surface area contributed by atoms with Crippen molar-refractivity contribution in [3.63, 3.8) is 0 Å². The minimum Gasteiger partial charge on any atom is -0.463 e. The molecule has 1 heterocycles. The van der Waals surface area contributed by atoms with Crippen LogP contribution in [0.1, 0.15) is 27.7 Å². The first kappa shape index (κ1) is 23.7. The van der Waals surface area contributed by atoms with E-state index in [1.54, 1.807) is 0 Å². The van der Waals surface area contributed by atoms with Crippen LogP contribution in [0.3, 0.4) is 0 Å². The average Bonchev–Trinajstić information content (AvgIpc) is 2.64. The smallest absolute Gasteiger partial charge is 0.303 e. The number of carbonyl (C=O) groups is 4. The van der Waals surface area contributed by atoms with Crippen LogP contribution in [0.4, 0.5) is 0 Å². The molecule has 1 fully saturated rings. The summed E-state index contributed by atoms with van der Waals surface area (Å²) in [5, 5.41) is 0. The lowest BCUT2D eigenvalue weighted by atomic mass is 9.99. The molecule has 0 saturated carbocycles. The first-order valence-electron chi connectivity index (χ1n) is 9.19. The third-order valence-corrected chi connectivity index (χ3v) is 5.10. The summed E-state index contributed by atoms with van der Waals surface area (Å²) in [5.41, 5.74) is -0.826. The van der Waals surface area contributed by atoms with E-state index in [0.29, 0.717) is 0 Å². The maximum Gasteiger partial charge on any atom is 0.303 e. The van der Waals surface area contributed by atoms with Crippen LogP contribution < -0.4 is 0 Å². The molecule has 0 N–H and O–H groups in total. The van der Waals surface area contributed by atoms with Gasteiger partial charge in [-0.05, 0) is 12.1 Å². The summed E-state index contributed by atoms with van der Waals surface area (Å²) in [6.07, 6.45) is -4.33. The standard InChI is InChI=1S/C20H24O9S/c1-11(21)25-10-16-17(26-12(2)22)18(27-13(3)23)19(28-14(4)24)20(29-16)30-15-8-6-5-7-9-15/h5-9,16-20H,10H2,1-4H3/t16-,17-,18+,19+,20+/m1/s1. The van der Waals surface area contributed by atoms with Gasteiger partial charge in [-0.15, -0.1) is 0 Å². The monoisotopic (exact) mass is 440 g/mol. The Morgan fingerprint density at radius 2 is 1.33 bits per heavy atom. The Hall–Kier alpha value is -2.59. The summed E-state index contributed by atoms with van der Waals surface area (Å²) in [6.45, 7) is 4.56. The Morgan fingerprint density at radius 3 is 1.87 bits per heavy atom. The zero-order valence-corrected chi connectivity index (χ0v) is 17.9. The number of carbonyl (C=O) groups excluding carboxylic acids is 4. The second-order valence-corrected chi connectivity index (χ2v) is 7.67. The van der Waals surface area contributed by atoms with Crippen LogP contribution in [0.5, 0.6) is 0 Å². The maximum absolute atomic E-state index is 11.8. The maximum atomic E-state index is 11.8. The third-order valence-electron chi connectivity index (χ3n) is 3.94. The van der Waals surface area contributed by atoms with Gasteiger partial charge in [-0.2, -0.15) is 0 Å². The van der Waals surface area contributed by atoms with Gasteiger partial charge in [0.1, 0.15) is 18.1 Å². The summed E-state index contributed by atoms with van der Waals surface area (Å²) < 4.78 is 27.2. The van der Waals surface area contributed by atoms with E-state index in [1.807, 2.05) is 30.3 Å². The minimum atomic E-state index is -1.16. The number of rotatable bonds is 7. The minimum absolute atomic E-state index is 0.246. The highest BCUT2D eigenvalue weighted by atomic mass is 32.2. The van der Waals surface area contributed by atoms with Gasteiger partial charge < -0.3 is 23.7 Å². The quantitative estimate of drug-likeness (QED) is 0.460.